The third kappa shape index (κ3) is 36.1. The molecule has 6 heteroatoms. The Bertz CT molecular complexity index is 273. The van der Waals surface area contributed by atoms with Crippen LogP contribution in [-0.4, -0.2) is 33.2 Å². The first-order valence-corrected chi connectivity index (χ1v) is 5.59. The van der Waals surface area contributed by atoms with Gasteiger partial charge in [0.1, 0.15) is 0 Å². The first kappa shape index (κ1) is 26.2. The summed E-state index contributed by atoms with van der Waals surface area (Å²) >= 11 is 0. The van der Waals surface area contributed by atoms with Crippen molar-refractivity contribution in [3.8, 4) is 0 Å². The van der Waals surface area contributed by atoms with Crippen LogP contribution in [-0.2, 0) is 14.4 Å². The smallest absolute Gasteiger partial charge is 0.330 e. The number of aliphatic carboxylic acids is 3. The average molecular weight is 288 g/mol. The van der Waals surface area contributed by atoms with E-state index in [-0.39, 0.29) is 16.7 Å². The molecule has 20 heavy (non-hydrogen) atoms. The molecule has 0 radical (unpaired) electrons. The van der Waals surface area contributed by atoms with Crippen molar-refractivity contribution in [1.82, 2.24) is 0 Å². The molecule has 0 fully saturated rings. The van der Waals surface area contributed by atoms with Crippen molar-refractivity contribution < 1.29 is 29.7 Å². The molecule has 0 aliphatic carbocycles. The maximum atomic E-state index is 9.60. The number of carboxylic acid groups (broad SMARTS) is 3. The Morgan fingerprint density at radius 3 is 0.650 bits per heavy atom. The van der Waals surface area contributed by atoms with Gasteiger partial charge in [0.25, 0.3) is 0 Å². The lowest BCUT2D eigenvalue weighted by molar-refractivity contribution is -0.133. The lowest BCUT2D eigenvalue weighted by Crippen LogP contribution is -1.92. The van der Waals surface area contributed by atoms with Gasteiger partial charge in [-0.25, -0.2) is 14.4 Å². The minimum absolute atomic E-state index is 0.176. The molecule has 0 atom stereocenters. The maximum absolute atomic E-state index is 9.60. The Morgan fingerprint density at radius 2 is 0.650 bits per heavy atom. The highest BCUT2D eigenvalue weighted by atomic mass is 16.4. The van der Waals surface area contributed by atoms with E-state index >= 15 is 0 Å². The molecule has 0 heterocycles. The van der Waals surface area contributed by atoms with E-state index in [1.807, 2.05) is 13.8 Å². The summed E-state index contributed by atoms with van der Waals surface area (Å²) in [4.78, 5) is 28.8. The molecule has 0 unspecified atom stereocenters. The second kappa shape index (κ2) is 16.6. The molecule has 0 bridgehead atoms. The first-order chi connectivity index (χ1) is 8.93. The van der Waals surface area contributed by atoms with Crippen LogP contribution in [0.2, 0.25) is 0 Å². The van der Waals surface area contributed by atoms with Crippen molar-refractivity contribution in [3.63, 3.8) is 0 Å². The van der Waals surface area contributed by atoms with Crippen LogP contribution in [0, 0.1) is 0 Å². The van der Waals surface area contributed by atoms with Crippen molar-refractivity contribution in [3.05, 3.63) is 36.5 Å². The number of carboxylic acids is 3. The fourth-order valence-corrected chi connectivity index (χ4v) is 0. The lowest BCUT2D eigenvalue weighted by Gasteiger charge is -1.79. The Balaban J connectivity index is -0.0000000902. The summed E-state index contributed by atoms with van der Waals surface area (Å²) in [6.45, 7) is 17.8. The first-order valence-electron chi connectivity index (χ1n) is 5.59. The third-order valence-corrected chi connectivity index (χ3v) is 1.10. The summed E-state index contributed by atoms with van der Waals surface area (Å²) < 4.78 is 0. The van der Waals surface area contributed by atoms with Gasteiger partial charge in [0.2, 0.25) is 0 Å². The quantitative estimate of drug-likeness (QED) is 0.688. The zero-order valence-corrected chi connectivity index (χ0v) is 12.7. The Kier molecular flexibility index (Phi) is 21.8. The van der Waals surface area contributed by atoms with Crippen LogP contribution in [0.15, 0.2) is 36.5 Å². The molecule has 116 valence electrons. The van der Waals surface area contributed by atoms with Crippen LogP contribution in [0.1, 0.15) is 34.6 Å². The van der Waals surface area contributed by atoms with Crippen LogP contribution in [0.25, 0.3) is 0 Å². The fraction of sp³-hybridized carbons (Fsp3) is 0.357. The van der Waals surface area contributed by atoms with Crippen molar-refractivity contribution in [1.29, 1.82) is 0 Å². The average Bonchev–Trinajstić information content (AvgIpc) is 2.32. The van der Waals surface area contributed by atoms with Crippen LogP contribution in [0.5, 0.6) is 0 Å². The van der Waals surface area contributed by atoms with Gasteiger partial charge >= 0.3 is 17.9 Å². The van der Waals surface area contributed by atoms with Crippen LogP contribution in [0.3, 0.4) is 0 Å². The molecule has 0 aromatic heterocycles. The highest BCUT2D eigenvalue weighted by Crippen LogP contribution is 1.82. The number of rotatable bonds is 3. The predicted octanol–water partition coefficient (Wildman–Crippen LogP) is 2.97. The number of carbonyl (C=O) groups is 3. The summed E-state index contributed by atoms with van der Waals surface area (Å²) in [5.41, 5.74) is 0.528. The van der Waals surface area contributed by atoms with E-state index in [9.17, 15) is 14.4 Å². The predicted molar refractivity (Wildman–Crippen MR) is 78.7 cm³/mol. The lowest BCUT2D eigenvalue weighted by atomic mass is 10.4. The largest absolute Gasteiger partial charge is 0.478 e. The fourth-order valence-electron chi connectivity index (χ4n) is 0. The van der Waals surface area contributed by atoms with E-state index in [2.05, 4.69) is 19.7 Å². The second-order valence-electron chi connectivity index (χ2n) is 3.26. The summed E-state index contributed by atoms with van der Waals surface area (Å²) in [6, 6.07) is 0. The molecule has 6 nitrogen and oxygen atoms in total. The van der Waals surface area contributed by atoms with Crippen LogP contribution in [0.4, 0.5) is 0 Å². The molecule has 0 saturated heterocycles. The minimum atomic E-state index is -0.935. The molecule has 0 saturated carbocycles. The summed E-state index contributed by atoms with van der Waals surface area (Å²) in [5, 5.41) is 23.7. The summed E-state index contributed by atoms with van der Waals surface area (Å²) in [7, 11) is 0. The molecule has 3 N–H and O–H groups in total. The highest BCUT2D eigenvalue weighted by Gasteiger charge is 1.91. The van der Waals surface area contributed by atoms with E-state index in [0.717, 1.165) is 0 Å². The van der Waals surface area contributed by atoms with E-state index in [1.165, 1.54) is 20.8 Å². The van der Waals surface area contributed by atoms with Crippen LogP contribution >= 0.6 is 0 Å². The molecule has 0 amide bonds. The van der Waals surface area contributed by atoms with E-state index in [0.29, 0.717) is 0 Å². The minimum Gasteiger partial charge on any atom is -0.478 e. The van der Waals surface area contributed by atoms with Crippen molar-refractivity contribution in [2.45, 2.75) is 34.6 Å². The molecule has 0 aliphatic rings. The van der Waals surface area contributed by atoms with Crippen molar-refractivity contribution in [2.75, 3.05) is 0 Å². The molecular weight excluding hydrogens is 264 g/mol. The van der Waals surface area contributed by atoms with Gasteiger partial charge in [-0.3, -0.25) is 0 Å². The Hall–Kier alpha value is -2.37. The Morgan fingerprint density at radius 1 is 0.600 bits per heavy atom. The second-order valence-corrected chi connectivity index (χ2v) is 3.26. The van der Waals surface area contributed by atoms with Gasteiger partial charge in [-0.05, 0) is 20.8 Å². The van der Waals surface area contributed by atoms with Crippen molar-refractivity contribution in [2.24, 2.45) is 0 Å². The van der Waals surface area contributed by atoms with Gasteiger partial charge in [0.15, 0.2) is 0 Å². The zero-order valence-electron chi connectivity index (χ0n) is 12.7. The van der Waals surface area contributed by atoms with Gasteiger partial charge in [0.05, 0.1) is 0 Å². The summed E-state index contributed by atoms with van der Waals surface area (Å²) in [6.07, 6.45) is 0. The van der Waals surface area contributed by atoms with Crippen LogP contribution < -0.4 is 0 Å². The van der Waals surface area contributed by atoms with E-state index < -0.39 is 17.9 Å². The van der Waals surface area contributed by atoms with Gasteiger partial charge < -0.3 is 15.3 Å². The highest BCUT2D eigenvalue weighted by molar-refractivity contribution is 5.85. The molecule has 0 aromatic carbocycles. The van der Waals surface area contributed by atoms with E-state index in [1.54, 1.807) is 0 Å². The monoisotopic (exact) mass is 288 g/mol. The molecular formula is C14H24O6. The van der Waals surface area contributed by atoms with Crippen molar-refractivity contribution >= 4 is 17.9 Å². The SMILES string of the molecule is C=C(C)C(=O)O.C=C(C)C(=O)O.C=C(C)C(=O)O.CC. The molecule has 0 rings (SSSR count). The Labute approximate surface area is 119 Å². The summed E-state index contributed by atoms with van der Waals surface area (Å²) in [5.74, 6) is -2.81. The number of hydrogen-bond acceptors (Lipinski definition) is 3. The normalized spacial score (nSPS) is 7.05. The van der Waals surface area contributed by atoms with Gasteiger partial charge in [-0.1, -0.05) is 33.6 Å². The standard InChI is InChI=1S/3C4H6O2.C2H6/c3*1-3(2)4(5)6;1-2/h3*1H2,2H3,(H,5,6);1-2H3. The molecule has 0 aromatic rings. The van der Waals surface area contributed by atoms with Gasteiger partial charge in [0, 0.05) is 16.7 Å². The maximum Gasteiger partial charge on any atom is 0.330 e. The number of hydrogen-bond donors (Lipinski definition) is 3. The molecule has 0 aliphatic heterocycles. The topological polar surface area (TPSA) is 112 Å². The zero-order chi connectivity index (χ0) is 17.5. The third-order valence-electron chi connectivity index (χ3n) is 1.10. The van der Waals surface area contributed by atoms with E-state index in [4.69, 9.17) is 15.3 Å². The molecule has 0 spiro atoms. The van der Waals surface area contributed by atoms with Gasteiger partial charge in [-0.15, -0.1) is 0 Å². The van der Waals surface area contributed by atoms with Gasteiger partial charge in [-0.2, -0.15) is 0 Å².